The van der Waals surface area contributed by atoms with Crippen LogP contribution >= 0.6 is 23.3 Å². The number of amides is 1. The van der Waals surface area contributed by atoms with Crippen molar-refractivity contribution in [3.63, 3.8) is 0 Å². The summed E-state index contributed by atoms with van der Waals surface area (Å²) >= 11 is 2.74. The van der Waals surface area contributed by atoms with E-state index in [9.17, 15) is 9.90 Å². The number of nitrogens with one attached hydrogen (secondary N) is 1. The highest BCUT2D eigenvalue weighted by Crippen LogP contribution is 2.18. The maximum absolute atomic E-state index is 9.86. The summed E-state index contributed by atoms with van der Waals surface area (Å²) in [5.41, 5.74) is 0.903. The molecule has 0 aliphatic heterocycles. The summed E-state index contributed by atoms with van der Waals surface area (Å²) in [6, 6.07) is 1.87. The van der Waals surface area contributed by atoms with Crippen molar-refractivity contribution >= 4 is 29.7 Å². The Bertz CT molecular complexity index is 225. The lowest BCUT2D eigenvalue weighted by Crippen LogP contribution is -2.05. The fraction of sp³-hybridized carbons (Fsp3) is 0.286. The zero-order chi connectivity index (χ0) is 8.81. The van der Waals surface area contributed by atoms with Crippen LogP contribution in [0.1, 0.15) is 11.7 Å². The number of thiophene rings is 1. The first-order valence-corrected chi connectivity index (χ1v) is 5.28. The molecule has 3 nitrogen and oxygen atoms in total. The van der Waals surface area contributed by atoms with Gasteiger partial charge in [0.2, 0.25) is 6.41 Å². The summed E-state index contributed by atoms with van der Waals surface area (Å²) in [6.45, 7) is 0. The molecule has 1 amide bonds. The Kier molecular flexibility index (Phi) is 4.13. The van der Waals surface area contributed by atoms with Crippen LogP contribution in [0.5, 0.6) is 0 Å². The van der Waals surface area contributed by atoms with Crippen molar-refractivity contribution in [1.82, 2.24) is 4.72 Å². The molecule has 1 atom stereocenters. The van der Waals surface area contributed by atoms with Gasteiger partial charge in [0.1, 0.15) is 0 Å². The minimum Gasteiger partial charge on any atom is -0.387 e. The van der Waals surface area contributed by atoms with E-state index in [1.54, 1.807) is 11.3 Å². The van der Waals surface area contributed by atoms with Crippen LogP contribution in [-0.2, 0) is 4.79 Å². The average Bonchev–Trinajstić information content (AvgIpc) is 2.56. The van der Waals surface area contributed by atoms with Crippen LogP contribution in [0.15, 0.2) is 16.8 Å². The summed E-state index contributed by atoms with van der Waals surface area (Å²) in [6.07, 6.45) is 0.110. The molecule has 66 valence electrons. The first-order valence-electron chi connectivity index (χ1n) is 3.35. The van der Waals surface area contributed by atoms with E-state index in [-0.39, 0.29) is 0 Å². The van der Waals surface area contributed by atoms with Gasteiger partial charge in [-0.25, -0.2) is 0 Å². The Labute approximate surface area is 78.9 Å². The number of aliphatic hydroxyl groups excluding tert-OH is 1. The van der Waals surface area contributed by atoms with Gasteiger partial charge in [-0.15, -0.1) is 0 Å². The molecule has 1 aromatic rings. The normalized spacial score (nSPS) is 12.4. The van der Waals surface area contributed by atoms with Crippen LogP contribution in [0.4, 0.5) is 0 Å². The van der Waals surface area contributed by atoms with Gasteiger partial charge in [0.05, 0.1) is 6.10 Å². The fourth-order valence-electron chi connectivity index (χ4n) is 0.722. The summed E-state index contributed by atoms with van der Waals surface area (Å²) in [4.78, 5) is 9.86. The third-order valence-electron chi connectivity index (χ3n) is 1.30. The van der Waals surface area contributed by atoms with E-state index in [1.807, 2.05) is 16.8 Å². The zero-order valence-electron chi connectivity index (χ0n) is 6.27. The van der Waals surface area contributed by atoms with Crippen molar-refractivity contribution in [2.45, 2.75) is 6.10 Å². The topological polar surface area (TPSA) is 49.3 Å². The van der Waals surface area contributed by atoms with Crippen molar-refractivity contribution in [2.75, 3.05) is 5.75 Å². The Hall–Kier alpha value is -0.520. The molecule has 1 rings (SSSR count). The first kappa shape index (κ1) is 9.57. The smallest absolute Gasteiger partial charge is 0.216 e. The molecular weight excluding hydrogens is 194 g/mol. The third-order valence-corrected chi connectivity index (χ3v) is 2.75. The molecule has 0 bridgehead atoms. The largest absolute Gasteiger partial charge is 0.387 e. The second-order valence-electron chi connectivity index (χ2n) is 2.12. The van der Waals surface area contributed by atoms with Crippen LogP contribution in [-0.4, -0.2) is 17.3 Å². The lowest BCUT2D eigenvalue weighted by Gasteiger charge is -2.06. The molecule has 0 fully saturated rings. The predicted molar refractivity (Wildman–Crippen MR) is 50.9 cm³/mol. The number of carbonyl (C=O) groups is 1. The van der Waals surface area contributed by atoms with Crippen molar-refractivity contribution in [3.05, 3.63) is 22.4 Å². The van der Waals surface area contributed by atoms with Crippen LogP contribution in [0, 0.1) is 0 Å². The van der Waals surface area contributed by atoms with Gasteiger partial charge >= 0.3 is 0 Å². The second-order valence-corrected chi connectivity index (χ2v) is 3.76. The van der Waals surface area contributed by atoms with E-state index >= 15 is 0 Å². The fourth-order valence-corrected chi connectivity index (χ4v) is 1.94. The Morgan fingerprint density at radius 1 is 1.83 bits per heavy atom. The monoisotopic (exact) mass is 203 g/mol. The quantitative estimate of drug-likeness (QED) is 0.429. The number of hydrogen-bond donors (Lipinski definition) is 2. The highest BCUT2D eigenvalue weighted by Gasteiger charge is 2.06. The zero-order valence-corrected chi connectivity index (χ0v) is 7.90. The van der Waals surface area contributed by atoms with E-state index in [0.29, 0.717) is 12.2 Å². The summed E-state index contributed by atoms with van der Waals surface area (Å²) in [7, 11) is 0. The van der Waals surface area contributed by atoms with E-state index in [4.69, 9.17) is 0 Å². The third kappa shape index (κ3) is 2.84. The van der Waals surface area contributed by atoms with Crippen LogP contribution in [0.3, 0.4) is 0 Å². The maximum atomic E-state index is 9.86. The average molecular weight is 203 g/mol. The molecule has 1 heterocycles. The molecule has 0 aromatic carbocycles. The Balaban J connectivity index is 2.29. The van der Waals surface area contributed by atoms with Gasteiger partial charge in [0.15, 0.2) is 0 Å². The maximum Gasteiger partial charge on any atom is 0.216 e. The standard InChI is InChI=1S/C7H9NO2S2/c9-5-8-12-4-7(10)6-1-2-11-3-6/h1-3,5,7,10H,4H2,(H,8,9). The molecule has 1 aromatic heterocycles. The van der Waals surface area contributed by atoms with Gasteiger partial charge in [-0.05, 0) is 34.3 Å². The number of hydrogen-bond acceptors (Lipinski definition) is 4. The Morgan fingerprint density at radius 2 is 2.67 bits per heavy atom. The number of aliphatic hydroxyl groups is 1. The molecule has 12 heavy (non-hydrogen) atoms. The van der Waals surface area contributed by atoms with Crippen molar-refractivity contribution in [1.29, 1.82) is 0 Å². The second kappa shape index (κ2) is 5.18. The van der Waals surface area contributed by atoms with Crippen LogP contribution in [0.25, 0.3) is 0 Å². The molecule has 0 aliphatic rings. The van der Waals surface area contributed by atoms with Crippen molar-refractivity contribution < 1.29 is 9.90 Å². The summed E-state index contributed by atoms with van der Waals surface area (Å²) in [5.74, 6) is 0.482. The van der Waals surface area contributed by atoms with E-state index in [2.05, 4.69) is 4.72 Å². The molecule has 0 saturated carbocycles. The van der Waals surface area contributed by atoms with Crippen molar-refractivity contribution in [3.8, 4) is 0 Å². The molecule has 0 radical (unpaired) electrons. The van der Waals surface area contributed by atoms with Gasteiger partial charge in [0, 0.05) is 5.75 Å². The van der Waals surface area contributed by atoms with Crippen molar-refractivity contribution in [2.24, 2.45) is 0 Å². The SMILES string of the molecule is O=CNSCC(O)c1ccsc1. The van der Waals surface area contributed by atoms with Gasteiger partial charge in [-0.2, -0.15) is 11.3 Å². The van der Waals surface area contributed by atoms with Gasteiger partial charge in [-0.3, -0.25) is 4.79 Å². The molecular formula is C7H9NO2S2. The molecule has 0 spiro atoms. The molecule has 0 aliphatic carbocycles. The van der Waals surface area contributed by atoms with Crippen LogP contribution < -0.4 is 4.72 Å². The van der Waals surface area contributed by atoms with Gasteiger partial charge in [-0.1, -0.05) is 0 Å². The highest BCUT2D eigenvalue weighted by molar-refractivity contribution is 7.97. The first-order chi connectivity index (χ1) is 5.84. The number of carbonyl (C=O) groups excluding carboxylic acids is 1. The lowest BCUT2D eigenvalue weighted by molar-refractivity contribution is -0.107. The summed E-state index contributed by atoms with van der Waals surface area (Å²) in [5, 5.41) is 13.3. The number of rotatable bonds is 5. The lowest BCUT2D eigenvalue weighted by atomic mass is 10.2. The minimum atomic E-state index is -0.492. The molecule has 5 heteroatoms. The predicted octanol–water partition coefficient (Wildman–Crippen LogP) is 1.18. The molecule has 1 unspecified atom stereocenters. The Morgan fingerprint density at radius 3 is 3.25 bits per heavy atom. The van der Waals surface area contributed by atoms with E-state index in [0.717, 1.165) is 5.56 Å². The molecule has 0 saturated heterocycles. The summed E-state index contributed by atoms with van der Waals surface area (Å²) < 4.78 is 2.42. The van der Waals surface area contributed by atoms with E-state index < -0.39 is 6.10 Å². The molecule has 2 N–H and O–H groups in total. The van der Waals surface area contributed by atoms with Gasteiger partial charge in [0.25, 0.3) is 0 Å². The minimum absolute atomic E-state index is 0.482. The van der Waals surface area contributed by atoms with Gasteiger partial charge < -0.3 is 9.83 Å². The van der Waals surface area contributed by atoms with E-state index in [1.165, 1.54) is 11.9 Å². The highest BCUT2D eigenvalue weighted by atomic mass is 32.2. The van der Waals surface area contributed by atoms with Crippen LogP contribution in [0.2, 0.25) is 0 Å².